The Morgan fingerprint density at radius 2 is 1.77 bits per heavy atom. The minimum absolute atomic E-state index is 0.326. The van der Waals surface area contributed by atoms with Crippen LogP contribution in [-0.4, -0.2) is 4.98 Å². The van der Waals surface area contributed by atoms with Crippen molar-refractivity contribution in [3.63, 3.8) is 0 Å². The second-order valence-corrected chi connectivity index (χ2v) is 5.17. The Bertz CT molecular complexity index is 854. The highest BCUT2D eigenvalue weighted by atomic mass is 19.4. The number of hydrogen-bond acceptors (Lipinski definition) is 2. The third-order valence-corrected chi connectivity index (χ3v) is 3.46. The van der Waals surface area contributed by atoms with Crippen LogP contribution in [0.15, 0.2) is 48.5 Å². The lowest BCUT2D eigenvalue weighted by molar-refractivity contribution is -0.137. The molecule has 0 atom stereocenters. The molecule has 0 aliphatic heterocycles. The SMILES string of the molecule is Cc1cc(-c2cccc(N)c2)c2ccc(C(F)(F)F)cc2n1. The first-order valence-electron chi connectivity index (χ1n) is 6.69. The van der Waals surface area contributed by atoms with Gasteiger partial charge in [0.25, 0.3) is 0 Å². The van der Waals surface area contributed by atoms with Gasteiger partial charge in [-0.2, -0.15) is 13.2 Å². The lowest BCUT2D eigenvalue weighted by atomic mass is 9.98. The van der Waals surface area contributed by atoms with Gasteiger partial charge in [-0.15, -0.1) is 0 Å². The number of rotatable bonds is 1. The van der Waals surface area contributed by atoms with E-state index in [9.17, 15) is 13.2 Å². The predicted molar refractivity (Wildman–Crippen MR) is 81.3 cm³/mol. The molecule has 0 fully saturated rings. The van der Waals surface area contributed by atoms with Gasteiger partial charge in [-0.05, 0) is 48.4 Å². The van der Waals surface area contributed by atoms with Crippen molar-refractivity contribution in [1.29, 1.82) is 0 Å². The second kappa shape index (κ2) is 5.02. The Kier molecular flexibility index (Phi) is 3.28. The third kappa shape index (κ3) is 2.62. The first-order valence-corrected chi connectivity index (χ1v) is 6.69. The molecule has 2 N–H and O–H groups in total. The van der Waals surface area contributed by atoms with Crippen molar-refractivity contribution in [1.82, 2.24) is 4.98 Å². The fraction of sp³-hybridized carbons (Fsp3) is 0.118. The third-order valence-electron chi connectivity index (χ3n) is 3.46. The molecule has 2 nitrogen and oxygen atoms in total. The van der Waals surface area contributed by atoms with E-state index in [-0.39, 0.29) is 0 Å². The Balaban J connectivity index is 2.28. The summed E-state index contributed by atoms with van der Waals surface area (Å²) < 4.78 is 38.5. The molecule has 0 saturated carbocycles. The molecule has 0 saturated heterocycles. The van der Waals surface area contributed by atoms with Gasteiger partial charge in [0.2, 0.25) is 0 Å². The normalized spacial score (nSPS) is 11.8. The van der Waals surface area contributed by atoms with Crippen LogP contribution in [0.4, 0.5) is 18.9 Å². The fourth-order valence-electron chi connectivity index (χ4n) is 2.48. The fourth-order valence-corrected chi connectivity index (χ4v) is 2.48. The molecule has 0 unspecified atom stereocenters. The van der Waals surface area contributed by atoms with Crippen LogP contribution in [0.1, 0.15) is 11.3 Å². The molecule has 2 aromatic carbocycles. The van der Waals surface area contributed by atoms with E-state index in [1.807, 2.05) is 18.2 Å². The van der Waals surface area contributed by atoms with E-state index in [0.717, 1.165) is 23.3 Å². The highest BCUT2D eigenvalue weighted by Gasteiger charge is 2.30. The minimum atomic E-state index is -4.38. The zero-order valence-corrected chi connectivity index (χ0v) is 11.8. The maximum absolute atomic E-state index is 12.8. The van der Waals surface area contributed by atoms with E-state index in [1.54, 1.807) is 19.1 Å². The van der Waals surface area contributed by atoms with Crippen molar-refractivity contribution in [3.05, 3.63) is 59.8 Å². The highest BCUT2D eigenvalue weighted by molar-refractivity contribution is 5.95. The van der Waals surface area contributed by atoms with Gasteiger partial charge in [0.15, 0.2) is 0 Å². The van der Waals surface area contributed by atoms with Gasteiger partial charge >= 0.3 is 6.18 Å². The maximum Gasteiger partial charge on any atom is 0.416 e. The van der Waals surface area contributed by atoms with Crippen LogP contribution in [0.3, 0.4) is 0 Å². The van der Waals surface area contributed by atoms with Crippen LogP contribution in [0.25, 0.3) is 22.0 Å². The Morgan fingerprint density at radius 1 is 1.00 bits per heavy atom. The number of aryl methyl sites for hydroxylation is 1. The van der Waals surface area contributed by atoms with Gasteiger partial charge in [0.05, 0.1) is 11.1 Å². The van der Waals surface area contributed by atoms with Crippen LogP contribution >= 0.6 is 0 Å². The lowest BCUT2D eigenvalue weighted by Crippen LogP contribution is -2.04. The standard InChI is InChI=1S/C17H13F3N2/c1-10-7-15(11-3-2-4-13(21)8-11)14-6-5-12(17(18,19)20)9-16(14)22-10/h2-9H,21H2,1H3. The molecular weight excluding hydrogens is 289 g/mol. The molecule has 0 radical (unpaired) electrons. The summed E-state index contributed by atoms with van der Waals surface area (Å²) in [4.78, 5) is 4.23. The summed E-state index contributed by atoms with van der Waals surface area (Å²) in [5.74, 6) is 0. The average molecular weight is 302 g/mol. The smallest absolute Gasteiger partial charge is 0.399 e. The van der Waals surface area contributed by atoms with Gasteiger partial charge < -0.3 is 5.73 Å². The Labute approximate surface area is 125 Å². The largest absolute Gasteiger partial charge is 0.416 e. The summed E-state index contributed by atoms with van der Waals surface area (Å²) >= 11 is 0. The first kappa shape index (κ1) is 14.4. The van der Waals surface area contributed by atoms with Crippen molar-refractivity contribution in [3.8, 4) is 11.1 Å². The van der Waals surface area contributed by atoms with Gasteiger partial charge in [0.1, 0.15) is 0 Å². The number of fused-ring (bicyclic) bond motifs is 1. The van der Waals surface area contributed by atoms with E-state index < -0.39 is 11.7 Å². The minimum Gasteiger partial charge on any atom is -0.399 e. The molecule has 0 aliphatic rings. The number of benzene rings is 2. The summed E-state index contributed by atoms with van der Waals surface area (Å²) in [6, 6.07) is 12.7. The van der Waals surface area contributed by atoms with Gasteiger partial charge in [-0.1, -0.05) is 18.2 Å². The number of hydrogen-bond donors (Lipinski definition) is 1. The molecule has 0 spiro atoms. The Hall–Kier alpha value is -2.56. The van der Waals surface area contributed by atoms with Crippen LogP contribution < -0.4 is 5.73 Å². The molecule has 1 heterocycles. The molecule has 5 heteroatoms. The zero-order valence-electron chi connectivity index (χ0n) is 11.8. The van der Waals surface area contributed by atoms with Crippen LogP contribution in [0, 0.1) is 6.92 Å². The molecule has 0 amide bonds. The second-order valence-electron chi connectivity index (χ2n) is 5.17. The van der Waals surface area contributed by atoms with E-state index in [2.05, 4.69) is 4.98 Å². The number of nitrogen functional groups attached to an aromatic ring is 1. The van der Waals surface area contributed by atoms with Crippen molar-refractivity contribution in [2.75, 3.05) is 5.73 Å². The predicted octanol–water partition coefficient (Wildman–Crippen LogP) is 4.81. The van der Waals surface area contributed by atoms with Gasteiger partial charge in [0, 0.05) is 16.8 Å². The van der Waals surface area contributed by atoms with Gasteiger partial charge in [-0.3, -0.25) is 4.98 Å². The van der Waals surface area contributed by atoms with Crippen LogP contribution in [0.2, 0.25) is 0 Å². The summed E-state index contributed by atoms with van der Waals surface area (Å²) in [6.07, 6.45) is -4.38. The van der Waals surface area contributed by atoms with Crippen molar-refractivity contribution >= 4 is 16.6 Å². The summed E-state index contributed by atoms with van der Waals surface area (Å²) in [6.45, 7) is 1.76. The summed E-state index contributed by atoms with van der Waals surface area (Å²) in [5, 5.41) is 0.671. The number of alkyl halides is 3. The molecule has 0 aliphatic carbocycles. The van der Waals surface area contributed by atoms with E-state index >= 15 is 0 Å². The molecule has 3 rings (SSSR count). The van der Waals surface area contributed by atoms with Crippen molar-refractivity contribution < 1.29 is 13.2 Å². The molecule has 0 bridgehead atoms. The van der Waals surface area contributed by atoms with Crippen molar-refractivity contribution in [2.24, 2.45) is 0 Å². The van der Waals surface area contributed by atoms with Crippen molar-refractivity contribution in [2.45, 2.75) is 13.1 Å². The quantitative estimate of drug-likeness (QED) is 0.655. The molecular formula is C17H13F3N2. The van der Waals surface area contributed by atoms with Gasteiger partial charge in [-0.25, -0.2) is 0 Å². The van der Waals surface area contributed by atoms with E-state index in [1.165, 1.54) is 6.07 Å². The number of pyridine rings is 1. The lowest BCUT2D eigenvalue weighted by Gasteiger charge is -2.12. The molecule has 3 aromatic rings. The number of halogens is 3. The van der Waals surface area contributed by atoms with Crippen LogP contribution in [0.5, 0.6) is 0 Å². The number of anilines is 1. The number of aromatic nitrogens is 1. The van der Waals surface area contributed by atoms with E-state index in [0.29, 0.717) is 22.3 Å². The maximum atomic E-state index is 12.8. The first-order chi connectivity index (χ1) is 10.3. The highest BCUT2D eigenvalue weighted by Crippen LogP contribution is 2.34. The number of nitrogens with two attached hydrogens (primary N) is 1. The van der Waals surface area contributed by atoms with Crippen LogP contribution in [-0.2, 0) is 6.18 Å². The molecule has 112 valence electrons. The Morgan fingerprint density at radius 3 is 2.45 bits per heavy atom. The zero-order chi connectivity index (χ0) is 15.9. The number of nitrogens with zero attached hydrogens (tertiary/aromatic N) is 1. The summed E-state index contributed by atoms with van der Waals surface area (Å²) in [5.41, 5.74) is 8.36. The molecule has 1 aromatic heterocycles. The monoisotopic (exact) mass is 302 g/mol. The topological polar surface area (TPSA) is 38.9 Å². The molecule has 22 heavy (non-hydrogen) atoms. The average Bonchev–Trinajstić information content (AvgIpc) is 2.44. The summed E-state index contributed by atoms with van der Waals surface area (Å²) in [7, 11) is 0. The van der Waals surface area contributed by atoms with E-state index in [4.69, 9.17) is 5.73 Å².